The number of carbonyl (C=O) groups excluding carboxylic acids is 1. The van der Waals surface area contributed by atoms with Gasteiger partial charge in [-0.05, 0) is 12.8 Å². The van der Waals surface area contributed by atoms with Gasteiger partial charge in [0.25, 0.3) is 0 Å². The quantitative estimate of drug-likeness (QED) is 0.389. The summed E-state index contributed by atoms with van der Waals surface area (Å²) >= 11 is 0. The van der Waals surface area contributed by atoms with E-state index < -0.39 is 0 Å². The molecule has 0 unspecified atom stereocenters. The van der Waals surface area contributed by atoms with Gasteiger partial charge >= 0.3 is 0 Å². The van der Waals surface area contributed by atoms with Crippen LogP contribution >= 0.6 is 0 Å². The first-order valence-corrected chi connectivity index (χ1v) is 8.88. The van der Waals surface area contributed by atoms with Crippen molar-refractivity contribution in [2.45, 2.75) is 46.0 Å². The molecule has 1 amide bonds. The van der Waals surface area contributed by atoms with Gasteiger partial charge in [0.1, 0.15) is 0 Å². The second-order valence-corrected chi connectivity index (χ2v) is 5.26. The Kier molecular flexibility index (Phi) is 18.8. The first kappa shape index (κ1) is 22.3. The number of hydrogen-bond donors (Lipinski definition) is 1. The van der Waals surface area contributed by atoms with Crippen LogP contribution in [-0.4, -0.2) is 65.3 Å². The minimum Gasteiger partial charge on any atom is -0.379 e. The maximum absolute atomic E-state index is 11.3. The largest absolute Gasteiger partial charge is 0.379 e. The second-order valence-electron chi connectivity index (χ2n) is 5.26. The lowest BCUT2D eigenvalue weighted by atomic mass is 10.2. The lowest BCUT2D eigenvalue weighted by Crippen LogP contribution is -2.27. The smallest absolute Gasteiger partial charge is 0.220 e. The van der Waals surface area contributed by atoms with Gasteiger partial charge in [-0.25, -0.2) is 0 Å². The fourth-order valence-corrected chi connectivity index (χ4v) is 1.70. The molecule has 0 spiro atoms. The maximum Gasteiger partial charge on any atom is 0.220 e. The molecule has 0 radical (unpaired) electrons. The summed E-state index contributed by atoms with van der Waals surface area (Å²) in [6.07, 6.45) is 4.83. The molecule has 0 aliphatic rings. The van der Waals surface area contributed by atoms with Gasteiger partial charge in [0.15, 0.2) is 0 Å². The molecule has 0 saturated heterocycles. The molecule has 0 bridgehead atoms. The Bertz CT molecular complexity index is 251. The van der Waals surface area contributed by atoms with Crippen LogP contribution in [0, 0.1) is 0 Å². The fraction of sp³-hybridized carbons (Fsp3) is 0.941. The minimum absolute atomic E-state index is 0.0996. The predicted octanol–water partition coefficient (Wildman–Crippen LogP) is 2.16. The third kappa shape index (κ3) is 19.3. The van der Waals surface area contributed by atoms with Crippen molar-refractivity contribution >= 4 is 5.91 Å². The molecule has 0 heterocycles. The maximum atomic E-state index is 11.3. The number of unbranched alkanes of at least 4 members (excludes halogenated alkanes) is 2. The van der Waals surface area contributed by atoms with Crippen LogP contribution in [0.5, 0.6) is 0 Å². The number of nitrogens with one attached hydrogen (secondary N) is 1. The van der Waals surface area contributed by atoms with Gasteiger partial charge < -0.3 is 24.3 Å². The molecule has 0 atom stereocenters. The van der Waals surface area contributed by atoms with Crippen LogP contribution in [0.15, 0.2) is 0 Å². The normalized spacial score (nSPS) is 10.9. The summed E-state index contributed by atoms with van der Waals surface area (Å²) in [7, 11) is 0. The summed E-state index contributed by atoms with van der Waals surface area (Å²) in [4.78, 5) is 11.3. The number of hydrogen-bond acceptors (Lipinski definition) is 5. The number of carbonyl (C=O) groups is 1. The Morgan fingerprint density at radius 1 is 0.696 bits per heavy atom. The zero-order valence-electron chi connectivity index (χ0n) is 14.9. The summed E-state index contributed by atoms with van der Waals surface area (Å²) in [5.41, 5.74) is 0. The van der Waals surface area contributed by atoms with Crippen molar-refractivity contribution < 1.29 is 23.7 Å². The van der Waals surface area contributed by atoms with Crippen molar-refractivity contribution in [1.29, 1.82) is 0 Å². The van der Waals surface area contributed by atoms with Crippen molar-refractivity contribution in [1.82, 2.24) is 5.32 Å². The average molecular weight is 333 g/mol. The second kappa shape index (κ2) is 19.4. The van der Waals surface area contributed by atoms with Crippen molar-refractivity contribution in [2.24, 2.45) is 0 Å². The van der Waals surface area contributed by atoms with Crippen LogP contribution in [0.1, 0.15) is 46.0 Å². The summed E-state index contributed by atoms with van der Waals surface area (Å²) in [5.74, 6) is 0.0996. The Morgan fingerprint density at radius 3 is 1.70 bits per heavy atom. The fourth-order valence-electron chi connectivity index (χ4n) is 1.70. The van der Waals surface area contributed by atoms with E-state index in [0.717, 1.165) is 32.3 Å². The van der Waals surface area contributed by atoms with Gasteiger partial charge in [0.2, 0.25) is 5.91 Å². The van der Waals surface area contributed by atoms with E-state index >= 15 is 0 Å². The van der Waals surface area contributed by atoms with E-state index in [0.29, 0.717) is 59.2 Å². The lowest BCUT2D eigenvalue weighted by molar-refractivity contribution is -0.121. The molecule has 0 aromatic heterocycles. The van der Waals surface area contributed by atoms with E-state index in [2.05, 4.69) is 19.2 Å². The highest BCUT2D eigenvalue weighted by molar-refractivity contribution is 5.75. The molecule has 6 heteroatoms. The van der Waals surface area contributed by atoms with Crippen LogP contribution in [0.3, 0.4) is 0 Å². The number of amides is 1. The molecular formula is C17H35NO5. The molecule has 0 aromatic rings. The highest BCUT2D eigenvalue weighted by atomic mass is 16.6. The van der Waals surface area contributed by atoms with Gasteiger partial charge in [0, 0.05) is 19.6 Å². The molecule has 0 aromatic carbocycles. The number of rotatable bonds is 18. The van der Waals surface area contributed by atoms with Gasteiger partial charge in [-0.3, -0.25) is 4.79 Å². The molecular weight excluding hydrogens is 298 g/mol. The SMILES string of the molecule is CCCCOCCOCCOCCOCCNC(=O)CCCC. The van der Waals surface area contributed by atoms with E-state index in [1.165, 1.54) is 0 Å². The zero-order valence-corrected chi connectivity index (χ0v) is 14.9. The summed E-state index contributed by atoms with van der Waals surface area (Å²) in [6, 6.07) is 0. The molecule has 1 N–H and O–H groups in total. The van der Waals surface area contributed by atoms with Gasteiger partial charge in [-0.1, -0.05) is 26.7 Å². The molecule has 0 aliphatic carbocycles. The van der Waals surface area contributed by atoms with Crippen molar-refractivity contribution in [3.8, 4) is 0 Å². The van der Waals surface area contributed by atoms with Gasteiger partial charge in [-0.15, -0.1) is 0 Å². The molecule has 0 rings (SSSR count). The Labute approximate surface area is 141 Å². The lowest BCUT2D eigenvalue weighted by Gasteiger charge is -2.08. The zero-order chi connectivity index (χ0) is 17.0. The molecule has 0 aliphatic heterocycles. The average Bonchev–Trinajstić information content (AvgIpc) is 2.56. The minimum atomic E-state index is 0.0996. The monoisotopic (exact) mass is 333 g/mol. The van der Waals surface area contributed by atoms with Crippen LogP contribution < -0.4 is 5.32 Å². The Balaban J connectivity index is 3.04. The van der Waals surface area contributed by atoms with Gasteiger partial charge in [-0.2, -0.15) is 0 Å². The topological polar surface area (TPSA) is 66.0 Å². The summed E-state index contributed by atoms with van der Waals surface area (Å²) in [5, 5.41) is 2.82. The van der Waals surface area contributed by atoms with Crippen molar-refractivity contribution in [2.75, 3.05) is 59.4 Å². The molecule has 0 fully saturated rings. The van der Waals surface area contributed by atoms with E-state index in [1.54, 1.807) is 0 Å². The number of ether oxygens (including phenoxy) is 4. The molecule has 6 nitrogen and oxygen atoms in total. The summed E-state index contributed by atoms with van der Waals surface area (Å²) in [6.45, 7) is 9.58. The van der Waals surface area contributed by atoms with Gasteiger partial charge in [0.05, 0.1) is 46.2 Å². The Morgan fingerprint density at radius 2 is 1.17 bits per heavy atom. The molecule has 23 heavy (non-hydrogen) atoms. The van der Waals surface area contributed by atoms with Crippen LogP contribution in [0.2, 0.25) is 0 Å². The van der Waals surface area contributed by atoms with E-state index in [1.807, 2.05) is 0 Å². The standard InChI is InChI=1S/C17H35NO5/c1-3-5-7-17(19)18-8-10-21-12-14-23-16-15-22-13-11-20-9-6-4-2/h3-16H2,1-2H3,(H,18,19). The van der Waals surface area contributed by atoms with Crippen LogP contribution in [0.4, 0.5) is 0 Å². The molecule has 0 saturated carbocycles. The molecule has 138 valence electrons. The van der Waals surface area contributed by atoms with Crippen LogP contribution in [-0.2, 0) is 23.7 Å². The van der Waals surface area contributed by atoms with Crippen molar-refractivity contribution in [3.63, 3.8) is 0 Å². The van der Waals surface area contributed by atoms with E-state index in [9.17, 15) is 4.79 Å². The third-order valence-electron chi connectivity index (χ3n) is 3.08. The Hall–Kier alpha value is -0.690. The predicted molar refractivity (Wildman–Crippen MR) is 90.7 cm³/mol. The van der Waals surface area contributed by atoms with Crippen LogP contribution in [0.25, 0.3) is 0 Å². The first-order valence-electron chi connectivity index (χ1n) is 8.88. The summed E-state index contributed by atoms with van der Waals surface area (Å²) < 4.78 is 21.5. The van der Waals surface area contributed by atoms with Crippen molar-refractivity contribution in [3.05, 3.63) is 0 Å². The first-order chi connectivity index (χ1) is 11.3. The highest BCUT2D eigenvalue weighted by Gasteiger charge is 1.98. The highest BCUT2D eigenvalue weighted by Crippen LogP contribution is 1.92. The van der Waals surface area contributed by atoms with E-state index in [-0.39, 0.29) is 5.91 Å². The third-order valence-corrected chi connectivity index (χ3v) is 3.08. The van der Waals surface area contributed by atoms with E-state index in [4.69, 9.17) is 18.9 Å².